The summed E-state index contributed by atoms with van der Waals surface area (Å²) in [6.45, 7) is 2.14. The molecule has 148 valence electrons. The molecular weight excluding hydrogens is 328 g/mol. The fourth-order valence-electron chi connectivity index (χ4n) is 5.73. The van der Waals surface area contributed by atoms with E-state index in [9.17, 15) is 15.0 Å². The number of hydrogen-bond acceptors (Lipinski definition) is 4. The molecule has 4 heteroatoms. The van der Waals surface area contributed by atoms with Crippen molar-refractivity contribution in [3.05, 3.63) is 12.2 Å². The van der Waals surface area contributed by atoms with Crippen LogP contribution in [-0.4, -0.2) is 40.9 Å². The lowest BCUT2D eigenvalue weighted by Gasteiger charge is -2.58. The fourth-order valence-corrected chi connectivity index (χ4v) is 5.73. The summed E-state index contributed by atoms with van der Waals surface area (Å²) in [7, 11) is 1.64. The standard InChI is InChI=1S/C22H36O4/c1-3-4-10-17-20-16(11-12-18(23)15-8-6-5-7-9-15)19(24)13-14-22(20,26-2)21(17)25/h11-12,15-20,23-24H,3-10,13-14H2,1-2H3/b12-11+/t16-,17?,18-,19+,20-,22?/m1/s1. The van der Waals surface area contributed by atoms with Crippen LogP contribution in [0.25, 0.3) is 0 Å². The highest BCUT2D eigenvalue weighted by molar-refractivity contribution is 5.97. The van der Waals surface area contributed by atoms with E-state index >= 15 is 0 Å². The van der Waals surface area contributed by atoms with Crippen LogP contribution in [0.15, 0.2) is 12.2 Å². The van der Waals surface area contributed by atoms with Gasteiger partial charge in [0.1, 0.15) is 5.60 Å². The third-order valence-electron chi connectivity index (χ3n) is 7.29. The number of fused-ring (bicyclic) bond motifs is 1. The number of rotatable bonds is 7. The van der Waals surface area contributed by atoms with E-state index < -0.39 is 17.8 Å². The highest BCUT2D eigenvalue weighted by Crippen LogP contribution is 2.56. The molecule has 0 aromatic heterocycles. The van der Waals surface area contributed by atoms with E-state index in [1.54, 1.807) is 7.11 Å². The van der Waals surface area contributed by atoms with Gasteiger partial charge in [0, 0.05) is 24.9 Å². The highest BCUT2D eigenvalue weighted by atomic mass is 16.5. The molecule has 26 heavy (non-hydrogen) atoms. The van der Waals surface area contributed by atoms with Gasteiger partial charge in [-0.05, 0) is 38.0 Å². The number of aliphatic hydroxyl groups excluding tert-OH is 2. The van der Waals surface area contributed by atoms with E-state index in [-0.39, 0.29) is 23.5 Å². The Bertz CT molecular complexity index is 510. The van der Waals surface area contributed by atoms with Crippen molar-refractivity contribution >= 4 is 5.78 Å². The number of unbranched alkanes of at least 4 members (excludes halogenated alkanes) is 1. The minimum Gasteiger partial charge on any atom is -0.393 e. The second-order valence-corrected chi connectivity index (χ2v) is 8.69. The van der Waals surface area contributed by atoms with Crippen molar-refractivity contribution in [3.8, 4) is 0 Å². The van der Waals surface area contributed by atoms with Crippen LogP contribution in [-0.2, 0) is 9.53 Å². The molecule has 3 aliphatic rings. The lowest BCUT2D eigenvalue weighted by Crippen LogP contribution is -2.70. The van der Waals surface area contributed by atoms with E-state index in [1.165, 1.54) is 19.3 Å². The van der Waals surface area contributed by atoms with Crippen molar-refractivity contribution in [2.75, 3.05) is 7.11 Å². The van der Waals surface area contributed by atoms with Crippen molar-refractivity contribution in [3.63, 3.8) is 0 Å². The van der Waals surface area contributed by atoms with Gasteiger partial charge in [-0.3, -0.25) is 4.79 Å². The van der Waals surface area contributed by atoms with E-state index in [1.807, 2.05) is 12.2 Å². The lowest BCUT2D eigenvalue weighted by molar-refractivity contribution is -0.209. The van der Waals surface area contributed by atoms with Gasteiger partial charge in [0.15, 0.2) is 5.78 Å². The molecule has 3 saturated carbocycles. The van der Waals surface area contributed by atoms with Gasteiger partial charge in [0.2, 0.25) is 0 Å². The maximum Gasteiger partial charge on any atom is 0.168 e. The monoisotopic (exact) mass is 364 g/mol. The maximum atomic E-state index is 12.8. The Morgan fingerprint density at radius 2 is 2.00 bits per heavy atom. The molecule has 3 aliphatic carbocycles. The summed E-state index contributed by atoms with van der Waals surface area (Å²) in [6, 6.07) is 0. The summed E-state index contributed by atoms with van der Waals surface area (Å²) >= 11 is 0. The summed E-state index contributed by atoms with van der Waals surface area (Å²) in [6.07, 6.45) is 13.0. The first kappa shape index (κ1) is 20.0. The van der Waals surface area contributed by atoms with Crippen LogP contribution in [0.2, 0.25) is 0 Å². The van der Waals surface area contributed by atoms with E-state index in [0.29, 0.717) is 18.8 Å². The van der Waals surface area contributed by atoms with Crippen LogP contribution in [0, 0.1) is 23.7 Å². The smallest absolute Gasteiger partial charge is 0.168 e. The quantitative estimate of drug-likeness (QED) is 0.677. The Morgan fingerprint density at radius 3 is 2.65 bits per heavy atom. The molecule has 0 aromatic rings. The lowest BCUT2D eigenvalue weighted by atomic mass is 9.49. The van der Waals surface area contributed by atoms with Crippen LogP contribution in [0.3, 0.4) is 0 Å². The zero-order chi connectivity index (χ0) is 18.7. The molecule has 3 rings (SSSR count). The molecule has 0 saturated heterocycles. The minimum absolute atomic E-state index is 0.00803. The van der Waals surface area contributed by atoms with Crippen molar-refractivity contribution < 1.29 is 19.7 Å². The molecule has 0 radical (unpaired) electrons. The van der Waals surface area contributed by atoms with E-state index in [2.05, 4.69) is 6.92 Å². The average Bonchev–Trinajstić information content (AvgIpc) is 2.68. The summed E-state index contributed by atoms with van der Waals surface area (Å²) < 4.78 is 5.74. The molecular formula is C22H36O4. The first-order valence-corrected chi connectivity index (χ1v) is 10.7. The molecule has 0 aromatic carbocycles. The Kier molecular flexibility index (Phi) is 6.58. The van der Waals surface area contributed by atoms with Crippen molar-refractivity contribution in [1.29, 1.82) is 0 Å². The van der Waals surface area contributed by atoms with Crippen LogP contribution < -0.4 is 0 Å². The molecule has 4 nitrogen and oxygen atoms in total. The van der Waals surface area contributed by atoms with Crippen LogP contribution in [0.4, 0.5) is 0 Å². The van der Waals surface area contributed by atoms with Gasteiger partial charge in [-0.15, -0.1) is 0 Å². The number of methoxy groups -OCH3 is 1. The maximum absolute atomic E-state index is 12.8. The number of aliphatic hydroxyl groups is 2. The second-order valence-electron chi connectivity index (χ2n) is 8.69. The Labute approximate surface area is 158 Å². The Morgan fingerprint density at radius 1 is 1.27 bits per heavy atom. The second kappa shape index (κ2) is 8.53. The molecule has 0 spiro atoms. The molecule has 0 amide bonds. The molecule has 2 N–H and O–H groups in total. The van der Waals surface area contributed by atoms with Crippen molar-refractivity contribution in [2.24, 2.45) is 23.7 Å². The molecule has 0 heterocycles. The third-order valence-corrected chi connectivity index (χ3v) is 7.29. The van der Waals surface area contributed by atoms with Gasteiger partial charge in [0.05, 0.1) is 12.2 Å². The normalized spacial score (nSPS) is 39.6. The largest absolute Gasteiger partial charge is 0.393 e. The van der Waals surface area contributed by atoms with Gasteiger partial charge in [-0.2, -0.15) is 0 Å². The van der Waals surface area contributed by atoms with Gasteiger partial charge in [-0.1, -0.05) is 51.2 Å². The Hall–Kier alpha value is -0.710. The zero-order valence-corrected chi connectivity index (χ0v) is 16.4. The van der Waals surface area contributed by atoms with Crippen LogP contribution >= 0.6 is 0 Å². The Balaban J connectivity index is 1.74. The minimum atomic E-state index is -0.706. The van der Waals surface area contributed by atoms with E-state index in [0.717, 1.165) is 32.1 Å². The summed E-state index contributed by atoms with van der Waals surface area (Å²) in [5.74, 6) is 0.515. The highest BCUT2D eigenvalue weighted by Gasteiger charge is 2.66. The van der Waals surface area contributed by atoms with Gasteiger partial charge < -0.3 is 14.9 Å². The summed E-state index contributed by atoms with van der Waals surface area (Å²) in [5.41, 5.74) is -0.706. The third kappa shape index (κ3) is 3.53. The zero-order valence-electron chi connectivity index (χ0n) is 16.4. The first-order chi connectivity index (χ1) is 12.5. The van der Waals surface area contributed by atoms with Crippen molar-refractivity contribution in [2.45, 2.75) is 88.9 Å². The molecule has 6 atom stereocenters. The predicted octanol–water partition coefficient (Wildman–Crippen LogP) is 3.65. The van der Waals surface area contributed by atoms with Crippen LogP contribution in [0.1, 0.15) is 71.1 Å². The van der Waals surface area contributed by atoms with Gasteiger partial charge >= 0.3 is 0 Å². The molecule has 0 bridgehead atoms. The molecule has 3 fully saturated rings. The number of carbonyl (C=O) groups excluding carboxylic acids is 1. The number of hydrogen-bond donors (Lipinski definition) is 2. The SMILES string of the molecule is CCCCC1C(=O)C2(OC)CC[C@H](O)[C@@H](/C=C/[C@@H](O)C3CCCCC3)[C@H]12. The van der Waals surface area contributed by atoms with Gasteiger partial charge in [-0.25, -0.2) is 0 Å². The topological polar surface area (TPSA) is 66.8 Å². The van der Waals surface area contributed by atoms with Crippen molar-refractivity contribution in [1.82, 2.24) is 0 Å². The summed E-state index contributed by atoms with van der Waals surface area (Å²) in [4.78, 5) is 12.8. The summed E-state index contributed by atoms with van der Waals surface area (Å²) in [5, 5.41) is 21.2. The molecule has 2 unspecified atom stereocenters. The number of ketones is 1. The number of carbonyl (C=O) groups is 1. The van der Waals surface area contributed by atoms with E-state index in [4.69, 9.17) is 4.74 Å². The van der Waals surface area contributed by atoms with Crippen LogP contribution in [0.5, 0.6) is 0 Å². The fraction of sp³-hybridized carbons (Fsp3) is 0.864. The predicted molar refractivity (Wildman–Crippen MR) is 102 cm³/mol. The van der Waals surface area contributed by atoms with Gasteiger partial charge in [0.25, 0.3) is 0 Å². The molecule has 0 aliphatic heterocycles. The average molecular weight is 365 g/mol. The first-order valence-electron chi connectivity index (χ1n) is 10.7. The number of Topliss-reactive ketones (excluding diaryl/α,β-unsaturated/α-hetero) is 1. The number of ether oxygens (including phenoxy) is 1.